The number of aliphatic hydroxyl groups excluding tert-OH is 1. The normalized spacial score (nSPS) is 20.3. The molecule has 1 heterocycles. The van der Waals surface area contributed by atoms with Crippen LogP contribution in [-0.2, 0) is 11.0 Å². The summed E-state index contributed by atoms with van der Waals surface area (Å²) in [6, 6.07) is 8.00. The van der Waals surface area contributed by atoms with Gasteiger partial charge in [0, 0.05) is 36.8 Å². The molecular weight excluding hydrogens is 565 g/mol. The van der Waals surface area contributed by atoms with Gasteiger partial charge in [-0.2, -0.15) is 13.2 Å². The van der Waals surface area contributed by atoms with E-state index in [1.54, 1.807) is 37.1 Å². The summed E-state index contributed by atoms with van der Waals surface area (Å²) in [5.41, 5.74) is 0.0944. The molecule has 2 aromatic carbocycles. The highest BCUT2D eigenvalue weighted by molar-refractivity contribution is 6.00. The van der Waals surface area contributed by atoms with Gasteiger partial charge in [0.05, 0.1) is 30.3 Å². The number of nitrogens with one attached hydrogen (secondary N) is 2. The van der Waals surface area contributed by atoms with Gasteiger partial charge in [-0.25, -0.2) is 4.79 Å². The highest BCUT2D eigenvalue weighted by atomic mass is 19.4. The van der Waals surface area contributed by atoms with E-state index in [0.717, 1.165) is 44.2 Å². The highest BCUT2D eigenvalue weighted by Crippen LogP contribution is 2.32. The van der Waals surface area contributed by atoms with E-state index in [0.29, 0.717) is 5.69 Å². The molecule has 0 saturated heterocycles. The van der Waals surface area contributed by atoms with Crippen LogP contribution in [0.25, 0.3) is 0 Å². The molecule has 3 atom stereocenters. The van der Waals surface area contributed by atoms with Crippen LogP contribution in [-0.4, -0.2) is 71.6 Å². The van der Waals surface area contributed by atoms with Crippen LogP contribution < -0.4 is 15.4 Å². The van der Waals surface area contributed by atoms with Crippen LogP contribution in [0.4, 0.5) is 29.3 Å². The second kappa shape index (κ2) is 13.7. The van der Waals surface area contributed by atoms with Gasteiger partial charge < -0.3 is 30.3 Å². The molecule has 0 radical (unpaired) electrons. The van der Waals surface area contributed by atoms with Crippen LogP contribution in [0, 0.1) is 11.8 Å². The van der Waals surface area contributed by atoms with Gasteiger partial charge in [-0.15, -0.1) is 0 Å². The molecule has 3 N–H and O–H groups in total. The van der Waals surface area contributed by atoms with Crippen LogP contribution in [0.5, 0.6) is 5.75 Å². The second-order valence-corrected chi connectivity index (χ2v) is 11.5. The average molecular weight is 605 g/mol. The third-order valence-electron chi connectivity index (χ3n) is 8.17. The summed E-state index contributed by atoms with van der Waals surface area (Å²) in [6.45, 7) is 3.69. The minimum absolute atomic E-state index is 0.0666. The third-order valence-corrected chi connectivity index (χ3v) is 8.17. The Bertz CT molecular complexity index is 1300. The lowest BCUT2D eigenvalue weighted by Gasteiger charge is -2.38. The summed E-state index contributed by atoms with van der Waals surface area (Å²) in [6.07, 6.45) is -0.241. The monoisotopic (exact) mass is 604 g/mol. The summed E-state index contributed by atoms with van der Waals surface area (Å²) < 4.78 is 45.0. The number of aliphatic hydroxyl groups is 1. The predicted octanol–water partition coefficient (Wildman–Crippen LogP) is 5.61. The minimum Gasteiger partial charge on any atom is -0.487 e. The van der Waals surface area contributed by atoms with Crippen molar-refractivity contribution < 1.29 is 37.4 Å². The Morgan fingerprint density at radius 3 is 2.35 bits per heavy atom. The zero-order valence-corrected chi connectivity index (χ0v) is 24.6. The van der Waals surface area contributed by atoms with E-state index in [1.165, 1.54) is 17.0 Å². The van der Waals surface area contributed by atoms with Gasteiger partial charge in [-0.3, -0.25) is 9.59 Å². The second-order valence-electron chi connectivity index (χ2n) is 11.5. The number of benzene rings is 2. The Hall–Kier alpha value is -3.80. The van der Waals surface area contributed by atoms with Crippen molar-refractivity contribution in [2.75, 3.05) is 37.4 Å². The SMILES string of the molecule is C[C@H]1CN([C@@H](C)CO)C(=O)c2cc(NC(=O)C3CCCCC3)ccc2O[C@H]1CN(C)C(=O)Nc1ccc(C(F)(F)F)cc1. The quantitative estimate of drug-likeness (QED) is 0.381. The van der Waals surface area contributed by atoms with Crippen LogP contribution in [0.2, 0.25) is 0 Å². The molecule has 234 valence electrons. The number of anilines is 2. The van der Waals surface area contributed by atoms with Crippen molar-refractivity contribution in [3.05, 3.63) is 53.6 Å². The number of rotatable bonds is 7. The zero-order chi connectivity index (χ0) is 31.3. The summed E-state index contributed by atoms with van der Waals surface area (Å²) in [5, 5.41) is 15.4. The number of amides is 4. The molecule has 0 bridgehead atoms. The van der Waals surface area contributed by atoms with E-state index >= 15 is 0 Å². The highest BCUT2D eigenvalue weighted by Gasteiger charge is 2.35. The molecule has 2 aliphatic rings. The molecular formula is C31H39F3N4O5. The Morgan fingerprint density at radius 1 is 1.07 bits per heavy atom. The standard InChI is InChI=1S/C31H39F3N4O5/c1-19-16-38(20(2)18-39)29(41)25-15-24(35-28(40)21-7-5-4-6-8-21)13-14-26(25)43-27(19)17-37(3)30(42)36-23-11-9-22(10-12-23)31(32,33)34/h9-15,19-21,27,39H,4-8,16-18H2,1-3H3,(H,35,40)(H,36,42)/t19-,20-,27-/m0/s1. The molecule has 9 nitrogen and oxygen atoms in total. The number of carbonyl (C=O) groups excluding carboxylic acids is 3. The number of ether oxygens (including phenoxy) is 1. The maximum Gasteiger partial charge on any atom is 0.416 e. The summed E-state index contributed by atoms with van der Waals surface area (Å²) in [7, 11) is 1.54. The maximum atomic E-state index is 13.7. The molecule has 0 aromatic heterocycles. The molecule has 12 heteroatoms. The molecule has 1 fully saturated rings. The van der Waals surface area contributed by atoms with Crippen LogP contribution in [0.15, 0.2) is 42.5 Å². The number of urea groups is 1. The van der Waals surface area contributed by atoms with Gasteiger partial charge in [0.1, 0.15) is 11.9 Å². The van der Waals surface area contributed by atoms with Crippen molar-refractivity contribution >= 4 is 29.2 Å². The van der Waals surface area contributed by atoms with Crippen molar-refractivity contribution in [2.24, 2.45) is 11.8 Å². The molecule has 1 aliphatic carbocycles. The molecule has 4 amide bonds. The fraction of sp³-hybridized carbons (Fsp3) is 0.516. The lowest BCUT2D eigenvalue weighted by atomic mass is 9.88. The molecule has 4 rings (SSSR count). The summed E-state index contributed by atoms with van der Waals surface area (Å²) >= 11 is 0. The van der Waals surface area contributed by atoms with Crippen LogP contribution in [0.3, 0.4) is 0 Å². The lowest BCUT2D eigenvalue weighted by Crippen LogP contribution is -2.50. The van der Waals surface area contributed by atoms with Crippen molar-refractivity contribution in [1.29, 1.82) is 0 Å². The summed E-state index contributed by atoms with van der Waals surface area (Å²) in [4.78, 5) is 42.4. The van der Waals surface area contributed by atoms with Crippen LogP contribution in [0.1, 0.15) is 61.9 Å². The first-order valence-corrected chi connectivity index (χ1v) is 14.6. The van der Waals surface area contributed by atoms with E-state index in [9.17, 15) is 32.7 Å². The number of hydrogen-bond donors (Lipinski definition) is 3. The molecule has 0 unspecified atom stereocenters. The van der Waals surface area contributed by atoms with E-state index in [1.807, 2.05) is 6.92 Å². The van der Waals surface area contributed by atoms with Gasteiger partial charge in [0.15, 0.2) is 0 Å². The fourth-order valence-corrected chi connectivity index (χ4v) is 5.44. The predicted molar refractivity (Wildman–Crippen MR) is 156 cm³/mol. The maximum absolute atomic E-state index is 13.7. The lowest BCUT2D eigenvalue weighted by molar-refractivity contribution is -0.137. The number of hydrogen-bond acceptors (Lipinski definition) is 5. The topological polar surface area (TPSA) is 111 Å². The number of fused-ring (bicyclic) bond motifs is 1. The first-order valence-electron chi connectivity index (χ1n) is 14.6. The van der Waals surface area contributed by atoms with Gasteiger partial charge in [-0.05, 0) is 62.2 Å². The number of nitrogens with zero attached hydrogens (tertiary/aromatic N) is 2. The van der Waals surface area contributed by atoms with Gasteiger partial charge in [-0.1, -0.05) is 26.2 Å². The first-order chi connectivity index (χ1) is 20.4. The Balaban J connectivity index is 1.52. The van der Waals surface area contributed by atoms with E-state index in [-0.39, 0.29) is 60.3 Å². The van der Waals surface area contributed by atoms with Crippen molar-refractivity contribution in [1.82, 2.24) is 9.80 Å². The first kappa shape index (κ1) is 32.1. The Morgan fingerprint density at radius 2 is 1.72 bits per heavy atom. The largest absolute Gasteiger partial charge is 0.487 e. The van der Waals surface area contributed by atoms with E-state index < -0.39 is 29.9 Å². The third kappa shape index (κ3) is 7.98. The number of carbonyl (C=O) groups is 3. The van der Waals surface area contributed by atoms with Crippen molar-refractivity contribution in [3.63, 3.8) is 0 Å². The molecule has 2 aromatic rings. The zero-order valence-electron chi connectivity index (χ0n) is 24.6. The van der Waals surface area contributed by atoms with E-state index in [2.05, 4.69) is 10.6 Å². The van der Waals surface area contributed by atoms with Gasteiger partial charge in [0.25, 0.3) is 5.91 Å². The average Bonchev–Trinajstić information content (AvgIpc) is 2.99. The Labute approximate surface area is 249 Å². The number of alkyl halides is 3. The van der Waals surface area contributed by atoms with Crippen molar-refractivity contribution in [3.8, 4) is 5.75 Å². The van der Waals surface area contributed by atoms with Crippen molar-refractivity contribution in [2.45, 2.75) is 64.3 Å². The van der Waals surface area contributed by atoms with Gasteiger partial charge >= 0.3 is 12.2 Å². The van der Waals surface area contributed by atoms with Crippen LogP contribution >= 0.6 is 0 Å². The molecule has 43 heavy (non-hydrogen) atoms. The van der Waals surface area contributed by atoms with E-state index in [4.69, 9.17) is 4.74 Å². The fourth-order valence-electron chi connectivity index (χ4n) is 5.44. The minimum atomic E-state index is -4.48. The molecule has 1 aliphatic heterocycles. The molecule has 1 saturated carbocycles. The number of halogens is 3. The smallest absolute Gasteiger partial charge is 0.416 e. The molecule has 0 spiro atoms. The number of likely N-dealkylation sites (N-methyl/N-ethyl adjacent to an activating group) is 1. The summed E-state index contributed by atoms with van der Waals surface area (Å²) in [5.74, 6) is -0.472. The Kier molecular flexibility index (Phi) is 10.2. The van der Waals surface area contributed by atoms with Gasteiger partial charge in [0.2, 0.25) is 5.91 Å².